The SMILES string of the molecule is CCCOc1ccc(C(=O)CCC(=O)N2CCNCC2C)cc1OCCC.Cl. The third kappa shape index (κ3) is 6.99. The van der Waals surface area contributed by atoms with Crippen molar-refractivity contribution in [2.24, 2.45) is 0 Å². The van der Waals surface area contributed by atoms with Gasteiger partial charge in [-0.2, -0.15) is 0 Å². The number of carbonyl (C=O) groups is 2. The Bertz CT molecular complexity index is 639. The predicted octanol–water partition coefficient (Wildman–Crippen LogP) is 3.47. The van der Waals surface area contributed by atoms with Crippen molar-refractivity contribution >= 4 is 24.1 Å². The number of hydrogen-bond acceptors (Lipinski definition) is 5. The molecule has 28 heavy (non-hydrogen) atoms. The second-order valence-corrected chi connectivity index (χ2v) is 6.92. The maximum absolute atomic E-state index is 12.6. The Balaban J connectivity index is 0.00000392. The number of nitrogens with one attached hydrogen (secondary N) is 1. The minimum absolute atomic E-state index is 0. The fourth-order valence-electron chi connectivity index (χ4n) is 3.06. The lowest BCUT2D eigenvalue weighted by Crippen LogP contribution is -2.52. The minimum atomic E-state index is -0.0467. The van der Waals surface area contributed by atoms with Crippen LogP contribution in [0.15, 0.2) is 18.2 Å². The Morgan fingerprint density at radius 3 is 2.43 bits per heavy atom. The number of hydrogen-bond donors (Lipinski definition) is 1. The molecule has 1 aliphatic heterocycles. The van der Waals surface area contributed by atoms with Crippen LogP contribution in [-0.2, 0) is 4.79 Å². The molecule has 2 rings (SSSR count). The second-order valence-electron chi connectivity index (χ2n) is 6.92. The zero-order valence-electron chi connectivity index (χ0n) is 17.2. The van der Waals surface area contributed by atoms with E-state index in [0.717, 1.165) is 25.9 Å². The van der Waals surface area contributed by atoms with Crippen LogP contribution >= 0.6 is 12.4 Å². The van der Waals surface area contributed by atoms with Gasteiger partial charge in [-0.05, 0) is 38.0 Å². The fraction of sp³-hybridized carbons (Fsp3) is 0.619. The van der Waals surface area contributed by atoms with E-state index in [1.807, 2.05) is 25.7 Å². The number of Topliss-reactive ketones (excluding diaryl/α,β-unsaturated/α-hetero) is 1. The molecule has 1 saturated heterocycles. The summed E-state index contributed by atoms with van der Waals surface area (Å²) in [6.07, 6.45) is 2.23. The maximum atomic E-state index is 12.6. The first kappa shape index (κ1) is 24.2. The lowest BCUT2D eigenvalue weighted by atomic mass is 10.0. The maximum Gasteiger partial charge on any atom is 0.223 e. The van der Waals surface area contributed by atoms with Crippen LogP contribution in [0.4, 0.5) is 0 Å². The largest absolute Gasteiger partial charge is 0.490 e. The first-order valence-corrected chi connectivity index (χ1v) is 9.99. The van der Waals surface area contributed by atoms with Gasteiger partial charge in [0.15, 0.2) is 17.3 Å². The van der Waals surface area contributed by atoms with Crippen LogP contribution in [0.5, 0.6) is 11.5 Å². The van der Waals surface area contributed by atoms with E-state index in [4.69, 9.17) is 9.47 Å². The number of piperazine rings is 1. The molecule has 0 aromatic heterocycles. The number of ether oxygens (including phenoxy) is 2. The predicted molar refractivity (Wildman–Crippen MR) is 113 cm³/mol. The second kappa shape index (κ2) is 12.6. The summed E-state index contributed by atoms with van der Waals surface area (Å²) in [6, 6.07) is 5.45. The number of ketones is 1. The molecule has 7 heteroatoms. The van der Waals surface area contributed by atoms with Crippen molar-refractivity contribution < 1.29 is 19.1 Å². The highest BCUT2D eigenvalue weighted by molar-refractivity contribution is 5.98. The highest BCUT2D eigenvalue weighted by Gasteiger charge is 2.23. The van der Waals surface area contributed by atoms with E-state index in [9.17, 15) is 9.59 Å². The van der Waals surface area contributed by atoms with Gasteiger partial charge in [-0.3, -0.25) is 9.59 Å². The van der Waals surface area contributed by atoms with Gasteiger partial charge >= 0.3 is 0 Å². The zero-order chi connectivity index (χ0) is 19.6. The molecule has 1 aromatic rings. The van der Waals surface area contributed by atoms with Crippen LogP contribution < -0.4 is 14.8 Å². The van der Waals surface area contributed by atoms with Crippen LogP contribution in [0.1, 0.15) is 56.8 Å². The van der Waals surface area contributed by atoms with Crippen molar-refractivity contribution in [3.63, 3.8) is 0 Å². The lowest BCUT2D eigenvalue weighted by Gasteiger charge is -2.34. The summed E-state index contributed by atoms with van der Waals surface area (Å²) in [7, 11) is 0. The topological polar surface area (TPSA) is 67.9 Å². The number of nitrogens with zero attached hydrogens (tertiary/aromatic N) is 1. The van der Waals surface area contributed by atoms with Gasteiger partial charge in [0.1, 0.15) is 0 Å². The molecule has 0 radical (unpaired) electrons. The molecule has 1 N–H and O–H groups in total. The van der Waals surface area contributed by atoms with E-state index in [1.54, 1.807) is 18.2 Å². The fourth-order valence-corrected chi connectivity index (χ4v) is 3.06. The summed E-state index contributed by atoms with van der Waals surface area (Å²) in [6.45, 7) is 9.58. The summed E-state index contributed by atoms with van der Waals surface area (Å²) >= 11 is 0. The third-order valence-electron chi connectivity index (χ3n) is 4.58. The molecule has 1 fully saturated rings. The Morgan fingerprint density at radius 2 is 1.79 bits per heavy atom. The Kier molecular flexibility index (Phi) is 10.9. The highest BCUT2D eigenvalue weighted by atomic mass is 35.5. The van der Waals surface area contributed by atoms with E-state index in [2.05, 4.69) is 5.32 Å². The summed E-state index contributed by atoms with van der Waals surface area (Å²) in [5.41, 5.74) is 0.561. The summed E-state index contributed by atoms with van der Waals surface area (Å²) < 4.78 is 11.5. The zero-order valence-corrected chi connectivity index (χ0v) is 18.0. The first-order chi connectivity index (χ1) is 13.1. The van der Waals surface area contributed by atoms with E-state index < -0.39 is 0 Å². The van der Waals surface area contributed by atoms with Crippen LogP contribution in [0.3, 0.4) is 0 Å². The molecule has 158 valence electrons. The molecule has 1 aromatic carbocycles. The van der Waals surface area contributed by atoms with Crippen molar-refractivity contribution in [2.75, 3.05) is 32.8 Å². The average molecular weight is 413 g/mol. The Labute approximate surface area is 174 Å². The average Bonchev–Trinajstić information content (AvgIpc) is 2.69. The van der Waals surface area contributed by atoms with Gasteiger partial charge in [0, 0.05) is 44.1 Å². The molecule has 1 aliphatic rings. The van der Waals surface area contributed by atoms with Gasteiger partial charge < -0.3 is 19.7 Å². The van der Waals surface area contributed by atoms with Gasteiger partial charge in [-0.25, -0.2) is 0 Å². The van der Waals surface area contributed by atoms with Gasteiger partial charge in [-0.15, -0.1) is 12.4 Å². The number of rotatable bonds is 10. The normalized spacial score (nSPS) is 16.2. The molecule has 6 nitrogen and oxygen atoms in total. The number of carbonyl (C=O) groups excluding carboxylic acids is 2. The smallest absolute Gasteiger partial charge is 0.223 e. The molecule has 1 atom stereocenters. The van der Waals surface area contributed by atoms with Crippen LogP contribution in [0.25, 0.3) is 0 Å². The number of amides is 1. The molecule has 0 spiro atoms. The molecule has 1 heterocycles. The van der Waals surface area contributed by atoms with Crippen molar-refractivity contribution in [2.45, 2.75) is 52.5 Å². The minimum Gasteiger partial charge on any atom is -0.490 e. The Morgan fingerprint density at radius 1 is 1.11 bits per heavy atom. The quantitative estimate of drug-likeness (QED) is 0.596. The van der Waals surface area contributed by atoms with Crippen LogP contribution in [-0.4, -0.2) is 55.5 Å². The molecule has 0 aliphatic carbocycles. The van der Waals surface area contributed by atoms with Gasteiger partial charge in [0.2, 0.25) is 5.91 Å². The molecule has 1 unspecified atom stereocenters. The molecule has 0 saturated carbocycles. The van der Waals surface area contributed by atoms with Crippen molar-refractivity contribution in [1.29, 1.82) is 0 Å². The summed E-state index contributed by atoms with van der Waals surface area (Å²) in [5.74, 6) is 1.25. The van der Waals surface area contributed by atoms with E-state index in [1.165, 1.54) is 0 Å². The summed E-state index contributed by atoms with van der Waals surface area (Å²) in [4.78, 5) is 26.9. The van der Waals surface area contributed by atoms with Crippen molar-refractivity contribution in [3.8, 4) is 11.5 Å². The van der Waals surface area contributed by atoms with Crippen LogP contribution in [0, 0.1) is 0 Å². The third-order valence-corrected chi connectivity index (χ3v) is 4.58. The Hall–Kier alpha value is -1.79. The molecular formula is C21H33ClN2O4. The van der Waals surface area contributed by atoms with Crippen molar-refractivity contribution in [1.82, 2.24) is 10.2 Å². The summed E-state index contributed by atoms with van der Waals surface area (Å²) in [5, 5.41) is 3.27. The van der Waals surface area contributed by atoms with E-state index in [0.29, 0.717) is 36.8 Å². The number of benzene rings is 1. The van der Waals surface area contributed by atoms with Gasteiger partial charge in [-0.1, -0.05) is 13.8 Å². The first-order valence-electron chi connectivity index (χ1n) is 9.99. The van der Waals surface area contributed by atoms with Crippen molar-refractivity contribution in [3.05, 3.63) is 23.8 Å². The molecule has 0 bridgehead atoms. The van der Waals surface area contributed by atoms with E-state index in [-0.39, 0.29) is 43.0 Å². The lowest BCUT2D eigenvalue weighted by molar-refractivity contribution is -0.133. The monoisotopic (exact) mass is 412 g/mol. The molecular weight excluding hydrogens is 380 g/mol. The standard InChI is InChI=1S/C21H32N2O4.ClH/c1-4-12-26-19-8-6-17(14-20(19)27-13-5-2)18(24)7-9-21(25)23-11-10-22-15-16(23)3;/h6,8,14,16,22H,4-5,7,9-13,15H2,1-3H3;1H. The van der Waals surface area contributed by atoms with Crippen LogP contribution in [0.2, 0.25) is 0 Å². The number of halogens is 1. The highest BCUT2D eigenvalue weighted by Crippen LogP contribution is 2.29. The van der Waals surface area contributed by atoms with E-state index >= 15 is 0 Å². The van der Waals surface area contributed by atoms with Gasteiger partial charge in [0.05, 0.1) is 13.2 Å². The molecule has 1 amide bonds. The van der Waals surface area contributed by atoms with Gasteiger partial charge in [0.25, 0.3) is 0 Å².